The predicted octanol–water partition coefficient (Wildman–Crippen LogP) is 3.79. The topological polar surface area (TPSA) is 12.5 Å². The highest BCUT2D eigenvalue weighted by molar-refractivity contribution is 9.10. The minimum atomic E-state index is 0.795. The van der Waals surface area contributed by atoms with E-state index < -0.39 is 0 Å². The molecule has 1 aromatic carbocycles. The third kappa shape index (κ3) is 3.65. The summed E-state index contributed by atoms with van der Waals surface area (Å²) < 4.78 is 6.47. The second kappa shape index (κ2) is 6.83. The molecule has 1 heterocycles. The summed E-state index contributed by atoms with van der Waals surface area (Å²) in [6, 6.07) is 6.20. The van der Waals surface area contributed by atoms with Crippen LogP contribution in [0.1, 0.15) is 18.9 Å². The van der Waals surface area contributed by atoms with Crippen LogP contribution in [0.2, 0.25) is 0 Å². The van der Waals surface area contributed by atoms with Crippen molar-refractivity contribution in [2.75, 3.05) is 26.0 Å². The van der Waals surface area contributed by atoms with Crippen LogP contribution < -0.4 is 4.74 Å². The monoisotopic (exact) mass is 329 g/mol. The van der Waals surface area contributed by atoms with E-state index >= 15 is 0 Å². The molecule has 1 aromatic rings. The van der Waals surface area contributed by atoms with Crippen molar-refractivity contribution in [2.45, 2.75) is 25.1 Å². The van der Waals surface area contributed by atoms with E-state index in [4.69, 9.17) is 4.74 Å². The van der Waals surface area contributed by atoms with Gasteiger partial charge in [0.25, 0.3) is 0 Å². The van der Waals surface area contributed by atoms with E-state index in [-0.39, 0.29) is 0 Å². The molecule has 0 N–H and O–H groups in total. The Morgan fingerprint density at radius 3 is 3.06 bits per heavy atom. The average Bonchev–Trinajstić information content (AvgIpc) is 2.41. The highest BCUT2D eigenvalue weighted by Gasteiger charge is 2.19. The van der Waals surface area contributed by atoms with Crippen molar-refractivity contribution in [3.8, 4) is 5.75 Å². The molecule has 0 aromatic heterocycles. The molecule has 0 amide bonds. The van der Waals surface area contributed by atoms with Gasteiger partial charge in [0, 0.05) is 35.1 Å². The fourth-order valence-electron chi connectivity index (χ4n) is 2.21. The zero-order valence-corrected chi connectivity index (χ0v) is 13.4. The lowest BCUT2D eigenvalue weighted by Gasteiger charge is -2.32. The molecule has 0 spiro atoms. The van der Waals surface area contributed by atoms with E-state index in [1.807, 2.05) is 6.07 Å². The van der Waals surface area contributed by atoms with Crippen LogP contribution in [-0.2, 0) is 6.54 Å². The zero-order valence-electron chi connectivity index (χ0n) is 11.0. The fraction of sp³-hybridized carbons (Fsp3) is 0.571. The Kier molecular flexibility index (Phi) is 5.39. The first kappa shape index (κ1) is 14.2. The van der Waals surface area contributed by atoms with Crippen LogP contribution >= 0.6 is 27.7 Å². The lowest BCUT2D eigenvalue weighted by molar-refractivity contribution is 0.272. The molecule has 0 saturated carbocycles. The Morgan fingerprint density at radius 2 is 2.33 bits per heavy atom. The van der Waals surface area contributed by atoms with E-state index in [9.17, 15) is 0 Å². The molecular weight excluding hydrogens is 310 g/mol. The summed E-state index contributed by atoms with van der Waals surface area (Å²) in [6.45, 7) is 5.67. The molecule has 2 rings (SSSR count). The quantitative estimate of drug-likeness (QED) is 0.833. The molecule has 4 heteroatoms. The van der Waals surface area contributed by atoms with Gasteiger partial charge in [-0.25, -0.2) is 0 Å². The van der Waals surface area contributed by atoms with Gasteiger partial charge >= 0.3 is 0 Å². The molecule has 1 fully saturated rings. The van der Waals surface area contributed by atoms with Crippen molar-refractivity contribution in [1.29, 1.82) is 0 Å². The summed E-state index contributed by atoms with van der Waals surface area (Å²) in [4.78, 5) is 2.55. The van der Waals surface area contributed by atoms with Gasteiger partial charge in [0.2, 0.25) is 0 Å². The van der Waals surface area contributed by atoms with Crippen LogP contribution in [0.4, 0.5) is 0 Å². The molecular formula is C14H20BrNOS. The van der Waals surface area contributed by atoms with Crippen LogP contribution in [0.5, 0.6) is 5.75 Å². The van der Waals surface area contributed by atoms with Crippen LogP contribution in [-0.4, -0.2) is 36.1 Å². The molecule has 0 radical (unpaired) electrons. The molecule has 2 nitrogen and oxygen atoms in total. The van der Waals surface area contributed by atoms with Crippen LogP contribution in [0, 0.1) is 0 Å². The minimum Gasteiger partial charge on any atom is -0.497 e. The average molecular weight is 330 g/mol. The van der Waals surface area contributed by atoms with Crippen LogP contribution in [0.15, 0.2) is 22.7 Å². The van der Waals surface area contributed by atoms with Gasteiger partial charge in [0.1, 0.15) is 5.75 Å². The first-order valence-corrected chi connectivity index (χ1v) is 8.23. The number of halogens is 1. The van der Waals surface area contributed by atoms with Crippen molar-refractivity contribution in [3.05, 3.63) is 28.2 Å². The largest absolute Gasteiger partial charge is 0.497 e. The number of benzene rings is 1. The van der Waals surface area contributed by atoms with Crippen molar-refractivity contribution in [2.24, 2.45) is 0 Å². The highest BCUT2D eigenvalue weighted by atomic mass is 79.9. The number of hydrogen-bond acceptors (Lipinski definition) is 3. The first-order chi connectivity index (χ1) is 8.72. The highest BCUT2D eigenvalue weighted by Crippen LogP contribution is 2.27. The maximum absolute atomic E-state index is 5.30. The van der Waals surface area contributed by atoms with Gasteiger partial charge < -0.3 is 4.74 Å². The Morgan fingerprint density at radius 1 is 1.50 bits per heavy atom. The second-order valence-electron chi connectivity index (χ2n) is 4.59. The molecule has 1 unspecified atom stereocenters. The van der Waals surface area contributed by atoms with Crippen molar-refractivity contribution in [1.82, 2.24) is 4.90 Å². The van der Waals surface area contributed by atoms with Crippen molar-refractivity contribution < 1.29 is 4.74 Å². The van der Waals surface area contributed by atoms with Gasteiger partial charge in [-0.3, -0.25) is 4.90 Å². The lowest BCUT2D eigenvalue weighted by Crippen LogP contribution is -2.37. The van der Waals surface area contributed by atoms with E-state index in [1.165, 1.54) is 35.3 Å². The Balaban J connectivity index is 2.04. The summed E-state index contributed by atoms with van der Waals surface area (Å²) >= 11 is 5.74. The standard InChI is InChI=1S/C14H20BrNOS/c1-3-13-10-16(6-7-18-13)9-11-8-12(17-2)4-5-14(11)15/h4-5,8,13H,3,6-7,9-10H2,1-2H3. The Hall–Kier alpha value is -0.190. The smallest absolute Gasteiger partial charge is 0.119 e. The maximum atomic E-state index is 5.30. The number of thioether (sulfide) groups is 1. The minimum absolute atomic E-state index is 0.795. The summed E-state index contributed by atoms with van der Waals surface area (Å²) in [5, 5.41) is 0.795. The summed E-state index contributed by atoms with van der Waals surface area (Å²) in [5.74, 6) is 2.19. The van der Waals surface area contributed by atoms with Gasteiger partial charge in [-0.15, -0.1) is 0 Å². The van der Waals surface area contributed by atoms with E-state index in [0.717, 1.165) is 17.5 Å². The number of methoxy groups -OCH3 is 1. The summed E-state index contributed by atoms with van der Waals surface area (Å²) in [6.07, 6.45) is 1.26. The third-order valence-electron chi connectivity index (χ3n) is 3.33. The van der Waals surface area contributed by atoms with E-state index in [1.54, 1.807) is 7.11 Å². The van der Waals surface area contributed by atoms with Gasteiger partial charge in [-0.2, -0.15) is 11.8 Å². The van der Waals surface area contributed by atoms with Crippen molar-refractivity contribution >= 4 is 27.7 Å². The fourth-order valence-corrected chi connectivity index (χ4v) is 3.83. The molecule has 1 saturated heterocycles. The van der Waals surface area contributed by atoms with E-state index in [0.29, 0.717) is 0 Å². The van der Waals surface area contributed by atoms with Gasteiger partial charge in [0.15, 0.2) is 0 Å². The normalized spacial score (nSPS) is 20.9. The molecule has 1 aliphatic heterocycles. The lowest BCUT2D eigenvalue weighted by atomic mass is 10.2. The predicted molar refractivity (Wildman–Crippen MR) is 82.5 cm³/mol. The van der Waals surface area contributed by atoms with Gasteiger partial charge in [0.05, 0.1) is 7.11 Å². The van der Waals surface area contributed by atoms with Crippen molar-refractivity contribution in [3.63, 3.8) is 0 Å². The number of nitrogens with zero attached hydrogens (tertiary/aromatic N) is 1. The summed E-state index contributed by atoms with van der Waals surface area (Å²) in [7, 11) is 1.72. The molecule has 1 aliphatic rings. The number of rotatable bonds is 4. The molecule has 100 valence electrons. The van der Waals surface area contributed by atoms with Crippen LogP contribution in [0.3, 0.4) is 0 Å². The second-order valence-corrected chi connectivity index (χ2v) is 6.86. The Bertz CT molecular complexity index is 399. The SMILES string of the molecule is CCC1CN(Cc2cc(OC)ccc2Br)CCS1. The molecule has 0 aliphatic carbocycles. The summed E-state index contributed by atoms with van der Waals surface area (Å²) in [5.41, 5.74) is 1.32. The van der Waals surface area contributed by atoms with Gasteiger partial charge in [-0.05, 0) is 30.2 Å². The van der Waals surface area contributed by atoms with E-state index in [2.05, 4.69) is 51.6 Å². The molecule has 0 bridgehead atoms. The Labute approximate surface area is 122 Å². The molecule has 1 atom stereocenters. The number of hydrogen-bond donors (Lipinski definition) is 0. The zero-order chi connectivity index (χ0) is 13.0. The maximum Gasteiger partial charge on any atom is 0.119 e. The number of ether oxygens (including phenoxy) is 1. The third-order valence-corrected chi connectivity index (χ3v) is 5.47. The first-order valence-electron chi connectivity index (χ1n) is 6.39. The van der Waals surface area contributed by atoms with Gasteiger partial charge in [-0.1, -0.05) is 22.9 Å². The van der Waals surface area contributed by atoms with Crippen LogP contribution in [0.25, 0.3) is 0 Å². The molecule has 18 heavy (non-hydrogen) atoms.